The van der Waals surface area contributed by atoms with Crippen LogP contribution >= 0.6 is 0 Å². The second-order valence-electron chi connectivity index (χ2n) is 10.4. The van der Waals surface area contributed by atoms with Gasteiger partial charge in [-0.3, -0.25) is 9.69 Å². The molecule has 10 heteroatoms. The first-order valence-corrected chi connectivity index (χ1v) is 14.0. The molecule has 0 aliphatic carbocycles. The molecule has 0 spiro atoms. The minimum atomic E-state index is -0.589. The molecule has 2 aromatic rings. The minimum absolute atomic E-state index is 0.0124. The lowest BCUT2D eigenvalue weighted by atomic mass is 9.90. The highest BCUT2D eigenvalue weighted by atomic mass is 16.7. The van der Waals surface area contributed by atoms with Crippen LogP contribution in [0.25, 0.3) is 0 Å². The first-order valence-electron chi connectivity index (χ1n) is 14.0. The van der Waals surface area contributed by atoms with E-state index in [0.717, 1.165) is 41.6 Å². The van der Waals surface area contributed by atoms with Crippen LogP contribution < -0.4 is 10.6 Å². The van der Waals surface area contributed by atoms with Crippen molar-refractivity contribution in [3.63, 3.8) is 0 Å². The Bertz CT molecular complexity index is 1100. The summed E-state index contributed by atoms with van der Waals surface area (Å²) in [5, 5.41) is 24.5. The average Bonchev–Trinajstić information content (AvgIpc) is 3.43. The largest absolute Gasteiger partial charge is 0.465 e. The van der Waals surface area contributed by atoms with Crippen LogP contribution in [-0.2, 0) is 32.2 Å². The van der Waals surface area contributed by atoms with Gasteiger partial charge in [-0.15, -0.1) is 0 Å². The van der Waals surface area contributed by atoms with Gasteiger partial charge in [0.25, 0.3) is 0 Å². The van der Waals surface area contributed by atoms with Gasteiger partial charge in [0.15, 0.2) is 6.29 Å². The maximum absolute atomic E-state index is 12.0. The molecule has 40 heavy (non-hydrogen) atoms. The summed E-state index contributed by atoms with van der Waals surface area (Å²) in [6.07, 6.45) is 1.14. The summed E-state index contributed by atoms with van der Waals surface area (Å²) in [6, 6.07) is 15.2. The normalized spacial score (nSPS) is 24.9. The van der Waals surface area contributed by atoms with Gasteiger partial charge in [0.2, 0.25) is 0 Å². The molecule has 0 saturated carbocycles. The van der Waals surface area contributed by atoms with E-state index in [4.69, 9.17) is 14.2 Å². The zero-order valence-corrected chi connectivity index (χ0v) is 23.3. The lowest BCUT2D eigenvalue weighted by Gasteiger charge is -2.43. The number of amides is 2. The molecule has 0 radical (unpaired) electrons. The monoisotopic (exact) mass is 555 g/mol. The van der Waals surface area contributed by atoms with Crippen molar-refractivity contribution in [3.8, 4) is 0 Å². The van der Waals surface area contributed by atoms with Gasteiger partial charge < -0.3 is 35.1 Å². The lowest BCUT2D eigenvalue weighted by molar-refractivity contribution is -0.276. The Morgan fingerprint density at radius 3 is 2.38 bits per heavy atom. The summed E-state index contributed by atoms with van der Waals surface area (Å²) in [5.41, 5.74) is 3.62. The molecule has 2 fully saturated rings. The fraction of sp³-hybridized carbons (Fsp3) is 0.533. The van der Waals surface area contributed by atoms with Gasteiger partial charge in [0.05, 0.1) is 32.0 Å². The standard InChI is InChI=1S/C30H41N3O7/c1-3-38-27(36)16-32-30(37)31-15-21-6-12-24(13-7-21)29-39-26(17-33-14-4-5-25(33)19-35)20(2)28(40-29)23-10-8-22(18-34)9-11-23/h6-13,20,25-26,28-29,34-35H,3-5,14-19H2,1-2H3,(H2,31,32,37)/t20-,25-,26+,28+,29+/m0/s1. The smallest absolute Gasteiger partial charge is 0.325 e. The second kappa shape index (κ2) is 14.6. The van der Waals surface area contributed by atoms with Gasteiger partial charge in [-0.05, 0) is 43.0 Å². The molecule has 2 aromatic carbocycles. The van der Waals surface area contributed by atoms with E-state index in [-0.39, 0.29) is 57.1 Å². The Balaban J connectivity index is 1.43. The number of nitrogens with one attached hydrogen (secondary N) is 2. The van der Waals surface area contributed by atoms with Crippen LogP contribution in [0.2, 0.25) is 0 Å². The van der Waals surface area contributed by atoms with E-state index in [1.54, 1.807) is 6.92 Å². The number of nitrogens with zero attached hydrogens (tertiary/aromatic N) is 1. The fourth-order valence-corrected chi connectivity index (χ4v) is 5.30. The van der Waals surface area contributed by atoms with Crippen LogP contribution in [0.15, 0.2) is 48.5 Å². The van der Waals surface area contributed by atoms with Gasteiger partial charge in [0.1, 0.15) is 6.54 Å². The molecule has 2 amide bonds. The number of esters is 1. The van der Waals surface area contributed by atoms with Gasteiger partial charge >= 0.3 is 12.0 Å². The first kappa shape index (κ1) is 30.0. The quantitative estimate of drug-likeness (QED) is 0.312. The van der Waals surface area contributed by atoms with E-state index in [1.165, 1.54) is 0 Å². The van der Waals surface area contributed by atoms with Crippen molar-refractivity contribution in [2.45, 2.75) is 64.4 Å². The van der Waals surface area contributed by atoms with E-state index >= 15 is 0 Å². The highest BCUT2D eigenvalue weighted by molar-refractivity contribution is 5.80. The molecule has 218 valence electrons. The average molecular weight is 556 g/mol. The zero-order valence-electron chi connectivity index (χ0n) is 23.3. The number of aliphatic hydroxyl groups is 2. The SMILES string of the molecule is CCOC(=O)CNC(=O)NCc1ccc([C@@H]2O[C@H](CN3CCC[C@H]3CO)[C@H](C)[C@H](c3ccc(CO)cc3)O2)cc1. The summed E-state index contributed by atoms with van der Waals surface area (Å²) in [5.74, 6) is -0.422. The predicted molar refractivity (Wildman–Crippen MR) is 148 cm³/mol. The number of ether oxygens (including phenoxy) is 3. The summed E-state index contributed by atoms with van der Waals surface area (Å²) < 4.78 is 17.9. The third-order valence-electron chi connectivity index (χ3n) is 7.65. The second-order valence-corrected chi connectivity index (χ2v) is 10.4. The van der Waals surface area contributed by atoms with Gasteiger partial charge in [-0.2, -0.15) is 0 Å². The number of hydrogen-bond donors (Lipinski definition) is 4. The molecule has 2 saturated heterocycles. The highest BCUT2D eigenvalue weighted by Gasteiger charge is 2.40. The van der Waals surface area contributed by atoms with Crippen LogP contribution in [0, 0.1) is 5.92 Å². The van der Waals surface area contributed by atoms with E-state index in [9.17, 15) is 19.8 Å². The molecule has 4 rings (SSSR count). The van der Waals surface area contributed by atoms with Crippen molar-refractivity contribution >= 4 is 12.0 Å². The Morgan fingerprint density at radius 1 is 1.00 bits per heavy atom. The Hall–Kier alpha value is -3.02. The number of likely N-dealkylation sites (tertiary alicyclic amines) is 1. The van der Waals surface area contributed by atoms with Gasteiger partial charge in [0, 0.05) is 30.6 Å². The Labute approximate surface area is 235 Å². The van der Waals surface area contributed by atoms with E-state index in [2.05, 4.69) is 22.5 Å². The van der Waals surface area contributed by atoms with Crippen LogP contribution in [0.1, 0.15) is 61.3 Å². The molecule has 10 nitrogen and oxygen atoms in total. The van der Waals surface area contributed by atoms with E-state index in [0.29, 0.717) is 6.54 Å². The molecule has 2 heterocycles. The number of aliphatic hydroxyl groups excluding tert-OH is 2. The molecule has 4 N–H and O–H groups in total. The number of hydrogen-bond acceptors (Lipinski definition) is 8. The molecular formula is C30H41N3O7. The number of carbonyl (C=O) groups excluding carboxylic acids is 2. The molecular weight excluding hydrogens is 514 g/mol. The van der Waals surface area contributed by atoms with Crippen LogP contribution in [0.5, 0.6) is 0 Å². The van der Waals surface area contributed by atoms with Crippen LogP contribution in [0.4, 0.5) is 4.79 Å². The summed E-state index contributed by atoms with van der Waals surface area (Å²) >= 11 is 0. The van der Waals surface area contributed by atoms with Crippen LogP contribution in [0.3, 0.4) is 0 Å². The number of carbonyl (C=O) groups is 2. The van der Waals surface area contributed by atoms with E-state index < -0.39 is 18.3 Å². The number of urea groups is 1. The topological polar surface area (TPSA) is 130 Å². The third-order valence-corrected chi connectivity index (χ3v) is 7.65. The molecule has 2 aliphatic heterocycles. The molecule has 5 atom stereocenters. The van der Waals surface area contributed by atoms with Crippen molar-refractivity contribution in [2.24, 2.45) is 5.92 Å². The van der Waals surface area contributed by atoms with Gasteiger partial charge in [-0.1, -0.05) is 55.5 Å². The van der Waals surface area contributed by atoms with Crippen molar-refractivity contribution in [1.82, 2.24) is 15.5 Å². The van der Waals surface area contributed by atoms with Crippen molar-refractivity contribution in [2.75, 3.05) is 32.8 Å². The molecule has 0 aromatic heterocycles. The number of rotatable bonds is 11. The fourth-order valence-electron chi connectivity index (χ4n) is 5.30. The maximum Gasteiger partial charge on any atom is 0.325 e. The summed E-state index contributed by atoms with van der Waals surface area (Å²) in [4.78, 5) is 25.7. The number of benzene rings is 2. The van der Waals surface area contributed by atoms with E-state index in [1.807, 2.05) is 48.5 Å². The molecule has 0 unspecified atom stereocenters. The third kappa shape index (κ3) is 7.80. The molecule has 2 aliphatic rings. The van der Waals surface area contributed by atoms with Crippen molar-refractivity contribution in [3.05, 3.63) is 70.8 Å². The van der Waals surface area contributed by atoms with Crippen LogP contribution in [-0.4, -0.2) is 72.1 Å². The summed E-state index contributed by atoms with van der Waals surface area (Å²) in [7, 11) is 0. The van der Waals surface area contributed by atoms with Gasteiger partial charge in [-0.25, -0.2) is 4.79 Å². The Kier molecular flexibility index (Phi) is 10.9. The lowest BCUT2D eigenvalue weighted by Crippen LogP contribution is -2.46. The zero-order chi connectivity index (χ0) is 28.5. The maximum atomic E-state index is 12.0. The summed E-state index contributed by atoms with van der Waals surface area (Å²) in [6.45, 7) is 5.99. The highest BCUT2D eigenvalue weighted by Crippen LogP contribution is 2.42. The predicted octanol–water partition coefficient (Wildman–Crippen LogP) is 2.79. The van der Waals surface area contributed by atoms with Crippen molar-refractivity contribution in [1.29, 1.82) is 0 Å². The first-order chi connectivity index (χ1) is 19.4. The molecule has 0 bridgehead atoms. The Morgan fingerprint density at radius 2 is 1.70 bits per heavy atom. The minimum Gasteiger partial charge on any atom is -0.465 e. The van der Waals surface area contributed by atoms with Crippen molar-refractivity contribution < 1.29 is 34.0 Å².